The van der Waals surface area contributed by atoms with Crippen LogP contribution in [0.3, 0.4) is 0 Å². The topological polar surface area (TPSA) is 92.0 Å². The van der Waals surface area contributed by atoms with Gasteiger partial charge in [0.05, 0.1) is 6.54 Å². The zero-order valence-electron chi connectivity index (χ0n) is 18.1. The Kier molecular flexibility index (Phi) is 12.1. The molecule has 162 valence electrons. The summed E-state index contributed by atoms with van der Waals surface area (Å²) in [6.07, 6.45) is 1.94. The number of rotatable bonds is 8. The minimum atomic E-state index is -0.506. The summed E-state index contributed by atoms with van der Waals surface area (Å²) in [5.41, 5.74) is 0.277. The zero-order valence-corrected chi connectivity index (χ0v) is 20.4. The summed E-state index contributed by atoms with van der Waals surface area (Å²) in [4.78, 5) is 18.7. The number of ether oxygens (including phenoxy) is 1. The van der Waals surface area contributed by atoms with Gasteiger partial charge in [0.1, 0.15) is 17.6 Å². The van der Waals surface area contributed by atoms with Gasteiger partial charge in [0, 0.05) is 32.2 Å². The van der Waals surface area contributed by atoms with Crippen LogP contribution in [0.15, 0.2) is 21.8 Å². The highest BCUT2D eigenvalue weighted by Crippen LogP contribution is 2.11. The van der Waals surface area contributed by atoms with Crippen LogP contribution in [-0.2, 0) is 11.3 Å². The molecule has 1 aromatic heterocycles. The maximum absolute atomic E-state index is 12.1. The summed E-state index contributed by atoms with van der Waals surface area (Å²) in [5.74, 6) is 1.08. The molecule has 0 spiro atoms. The Balaban J connectivity index is 0.00000729. The first kappa shape index (κ1) is 26.5. The molecular formula is C19H36IN5O3. The van der Waals surface area contributed by atoms with Gasteiger partial charge in [0.15, 0.2) is 5.96 Å². The molecule has 0 aromatic carbocycles. The van der Waals surface area contributed by atoms with Crippen molar-refractivity contribution < 1.29 is 14.1 Å². The number of nitrogens with one attached hydrogen (secondary N) is 2. The Hall–Kier alpha value is -1.52. The number of carbonyl (C=O) groups excluding carboxylic acids is 1. The number of hydrogen-bond donors (Lipinski definition) is 2. The van der Waals surface area contributed by atoms with Crippen LogP contribution >= 0.6 is 24.0 Å². The number of hydrogen-bond acceptors (Lipinski definition) is 5. The number of carbonyl (C=O) groups is 1. The summed E-state index contributed by atoms with van der Waals surface area (Å²) in [5, 5.41) is 10.1. The Morgan fingerprint density at radius 3 is 2.57 bits per heavy atom. The second-order valence-electron chi connectivity index (χ2n) is 7.87. The first-order chi connectivity index (χ1) is 12.6. The van der Waals surface area contributed by atoms with Crippen LogP contribution in [0.4, 0.5) is 4.79 Å². The number of aromatic nitrogens is 1. The largest absolute Gasteiger partial charge is 0.444 e. The minimum absolute atomic E-state index is 0. The van der Waals surface area contributed by atoms with Gasteiger partial charge in [-0.3, -0.25) is 0 Å². The van der Waals surface area contributed by atoms with E-state index in [1.165, 1.54) is 6.26 Å². The molecule has 1 unspecified atom stereocenters. The van der Waals surface area contributed by atoms with Gasteiger partial charge in [0.25, 0.3) is 0 Å². The van der Waals surface area contributed by atoms with Gasteiger partial charge >= 0.3 is 6.09 Å². The molecule has 0 aliphatic rings. The van der Waals surface area contributed by atoms with Gasteiger partial charge in [0.2, 0.25) is 0 Å². The van der Waals surface area contributed by atoms with Crippen LogP contribution in [0.2, 0.25) is 0 Å². The lowest BCUT2D eigenvalue weighted by Crippen LogP contribution is -2.45. The highest BCUT2D eigenvalue weighted by atomic mass is 127. The quantitative estimate of drug-likeness (QED) is 0.316. The van der Waals surface area contributed by atoms with Gasteiger partial charge in [-0.2, -0.15) is 0 Å². The first-order valence-corrected chi connectivity index (χ1v) is 9.50. The highest BCUT2D eigenvalue weighted by molar-refractivity contribution is 14.0. The molecule has 1 heterocycles. The third-order valence-electron chi connectivity index (χ3n) is 3.86. The van der Waals surface area contributed by atoms with E-state index in [0.717, 1.165) is 31.2 Å². The molecule has 0 saturated heterocycles. The van der Waals surface area contributed by atoms with Gasteiger partial charge in [-0.25, -0.2) is 9.79 Å². The van der Waals surface area contributed by atoms with E-state index in [4.69, 9.17) is 9.26 Å². The normalized spacial score (nSPS) is 12.9. The zero-order chi connectivity index (χ0) is 20.4. The molecule has 1 aromatic rings. The van der Waals surface area contributed by atoms with Crippen molar-refractivity contribution in [3.63, 3.8) is 0 Å². The maximum Gasteiger partial charge on any atom is 0.407 e. The molecule has 2 N–H and O–H groups in total. The highest BCUT2D eigenvalue weighted by Gasteiger charge is 2.22. The van der Waals surface area contributed by atoms with E-state index in [1.807, 2.05) is 34.7 Å². The molecular weight excluding hydrogens is 473 g/mol. The van der Waals surface area contributed by atoms with Crippen LogP contribution in [0.1, 0.15) is 53.7 Å². The van der Waals surface area contributed by atoms with Crippen molar-refractivity contribution in [2.45, 2.75) is 66.2 Å². The second kappa shape index (κ2) is 12.8. The molecule has 0 aliphatic heterocycles. The predicted molar refractivity (Wildman–Crippen MR) is 122 cm³/mol. The number of guanidine groups is 1. The number of alkyl carbamates (subject to hydrolysis) is 1. The summed E-state index contributed by atoms with van der Waals surface area (Å²) < 4.78 is 10.2. The lowest BCUT2D eigenvalue weighted by Gasteiger charge is -2.28. The van der Waals surface area contributed by atoms with E-state index in [9.17, 15) is 4.79 Å². The Morgan fingerprint density at radius 1 is 1.39 bits per heavy atom. The number of aliphatic imine (C=N–C) groups is 1. The fourth-order valence-corrected chi connectivity index (χ4v) is 2.41. The van der Waals surface area contributed by atoms with Crippen molar-refractivity contribution in [3.05, 3.63) is 18.0 Å². The third kappa shape index (κ3) is 10.7. The van der Waals surface area contributed by atoms with E-state index in [0.29, 0.717) is 12.5 Å². The maximum atomic E-state index is 12.1. The minimum Gasteiger partial charge on any atom is -0.444 e. The van der Waals surface area contributed by atoms with Gasteiger partial charge < -0.3 is 24.8 Å². The first-order valence-electron chi connectivity index (χ1n) is 9.50. The van der Waals surface area contributed by atoms with Crippen molar-refractivity contribution >= 4 is 36.0 Å². The molecule has 0 bridgehead atoms. The average molecular weight is 509 g/mol. The van der Waals surface area contributed by atoms with Crippen molar-refractivity contribution in [2.24, 2.45) is 10.9 Å². The molecule has 28 heavy (non-hydrogen) atoms. The van der Waals surface area contributed by atoms with Crippen LogP contribution < -0.4 is 10.6 Å². The average Bonchev–Trinajstić information content (AvgIpc) is 3.06. The Labute approximate surface area is 185 Å². The van der Waals surface area contributed by atoms with E-state index in [-0.39, 0.29) is 36.1 Å². The second-order valence-corrected chi connectivity index (χ2v) is 7.87. The SMILES string of the molecule is CCNC(=NCc1ccon1)N(C)CCC(NC(=O)OC(C)(C)C)C(C)C.I. The monoisotopic (exact) mass is 509 g/mol. The van der Waals surface area contributed by atoms with Gasteiger partial charge in [-0.15, -0.1) is 24.0 Å². The van der Waals surface area contributed by atoms with E-state index < -0.39 is 5.60 Å². The summed E-state index contributed by atoms with van der Waals surface area (Å²) in [7, 11) is 1.98. The molecule has 0 saturated carbocycles. The van der Waals surface area contributed by atoms with Crippen molar-refractivity contribution in [3.8, 4) is 0 Å². The molecule has 9 heteroatoms. The standard InChI is InChI=1S/C19H35N5O3.HI/c1-8-20-17(21-13-15-10-12-26-23-15)24(7)11-9-16(14(2)3)22-18(25)27-19(4,5)6;/h10,12,14,16H,8-9,11,13H2,1-7H3,(H,20,21)(H,22,25);1H. The lowest BCUT2D eigenvalue weighted by atomic mass is 10.0. The molecule has 1 rings (SSSR count). The molecule has 0 fully saturated rings. The fourth-order valence-electron chi connectivity index (χ4n) is 2.41. The van der Waals surface area contributed by atoms with Crippen molar-refractivity contribution in [1.29, 1.82) is 0 Å². The Bertz CT molecular complexity index is 585. The van der Waals surface area contributed by atoms with Crippen LogP contribution in [0.25, 0.3) is 0 Å². The van der Waals surface area contributed by atoms with E-state index in [1.54, 1.807) is 6.07 Å². The van der Waals surface area contributed by atoms with Crippen LogP contribution in [0, 0.1) is 5.92 Å². The fraction of sp³-hybridized carbons (Fsp3) is 0.737. The molecule has 1 amide bonds. The third-order valence-corrected chi connectivity index (χ3v) is 3.86. The van der Waals surface area contributed by atoms with E-state index >= 15 is 0 Å². The van der Waals surface area contributed by atoms with Crippen LogP contribution in [-0.4, -0.2) is 53.9 Å². The predicted octanol–water partition coefficient (Wildman–Crippen LogP) is 3.63. The summed E-state index contributed by atoms with van der Waals surface area (Å²) in [6, 6.07) is 1.81. The van der Waals surface area contributed by atoms with Crippen molar-refractivity contribution in [2.75, 3.05) is 20.1 Å². The lowest BCUT2D eigenvalue weighted by molar-refractivity contribution is 0.0486. The van der Waals surface area contributed by atoms with Crippen molar-refractivity contribution in [1.82, 2.24) is 20.7 Å². The molecule has 0 radical (unpaired) electrons. The summed E-state index contributed by atoms with van der Waals surface area (Å²) >= 11 is 0. The number of amides is 1. The number of halogens is 1. The molecule has 1 atom stereocenters. The van der Waals surface area contributed by atoms with Gasteiger partial charge in [-0.05, 0) is 40.0 Å². The van der Waals surface area contributed by atoms with Crippen LogP contribution in [0.5, 0.6) is 0 Å². The summed E-state index contributed by atoms with van der Waals surface area (Å²) in [6.45, 7) is 13.7. The molecule has 8 nitrogen and oxygen atoms in total. The smallest absolute Gasteiger partial charge is 0.407 e. The van der Waals surface area contributed by atoms with E-state index in [2.05, 4.69) is 39.5 Å². The Morgan fingerprint density at radius 2 is 2.07 bits per heavy atom. The number of nitrogens with zero attached hydrogens (tertiary/aromatic N) is 3. The molecule has 0 aliphatic carbocycles. The van der Waals surface area contributed by atoms with Gasteiger partial charge in [-0.1, -0.05) is 19.0 Å².